The molecule has 1 N–H and O–H groups in total. The lowest BCUT2D eigenvalue weighted by Crippen LogP contribution is -2.39. The number of carbonyl (C=O) groups is 5. The number of hydrogen-bond acceptors (Lipinski definition) is 7. The van der Waals surface area contributed by atoms with E-state index in [0.29, 0.717) is 34.4 Å². The molecule has 4 aliphatic rings. The van der Waals surface area contributed by atoms with E-state index in [0.717, 1.165) is 5.57 Å². The van der Waals surface area contributed by atoms with Crippen LogP contribution in [-0.4, -0.2) is 41.4 Å². The second kappa shape index (κ2) is 9.52. The Bertz CT molecular complexity index is 1630. The number of imide groups is 1. The summed E-state index contributed by atoms with van der Waals surface area (Å²) in [6, 6.07) is 11.2. The van der Waals surface area contributed by atoms with Gasteiger partial charge in [0, 0.05) is 28.7 Å². The fraction of sp³-hybridized carbons (Fsp3) is 0.258. The van der Waals surface area contributed by atoms with Gasteiger partial charge in [0.2, 0.25) is 11.8 Å². The average molecular weight is 602 g/mol. The highest BCUT2D eigenvalue weighted by Gasteiger charge is 2.56. The van der Waals surface area contributed by atoms with Crippen LogP contribution in [0.5, 0.6) is 11.5 Å². The Morgan fingerprint density at radius 3 is 2.42 bits per heavy atom. The van der Waals surface area contributed by atoms with Crippen molar-refractivity contribution in [2.45, 2.75) is 25.7 Å². The summed E-state index contributed by atoms with van der Waals surface area (Å²) in [7, 11) is 1.42. The third-order valence-corrected chi connectivity index (χ3v) is 8.99. The molecule has 40 heavy (non-hydrogen) atoms. The van der Waals surface area contributed by atoms with Crippen LogP contribution in [0.25, 0.3) is 0 Å². The standard InChI is InChI=1S/C31H24BrNO7/c1-14(34)15-3-6-17(7-4-15)33-30(38)19-9-8-18-20(27(19)31(33)39)12-21-28(24(36)13-22(32)29(21)37)26(18)16-5-10-23(35)25(11-16)40-2/h3-8,10-11,13,19-20,26-27,35H,9,12H2,1-2H3/t19-,20+,26-,27-/m0/s1. The van der Waals surface area contributed by atoms with Crippen LogP contribution in [0.15, 0.2) is 75.8 Å². The van der Waals surface area contributed by atoms with Gasteiger partial charge in [-0.15, -0.1) is 0 Å². The van der Waals surface area contributed by atoms with E-state index in [4.69, 9.17) is 4.74 Å². The molecule has 0 unspecified atom stereocenters. The van der Waals surface area contributed by atoms with Crippen LogP contribution in [-0.2, 0) is 19.2 Å². The summed E-state index contributed by atoms with van der Waals surface area (Å²) in [5.41, 5.74) is 2.97. The minimum absolute atomic E-state index is 0.0674. The molecule has 0 aromatic heterocycles. The Morgan fingerprint density at radius 2 is 1.75 bits per heavy atom. The van der Waals surface area contributed by atoms with Gasteiger partial charge in [-0.2, -0.15) is 0 Å². The molecule has 2 aromatic carbocycles. The van der Waals surface area contributed by atoms with Gasteiger partial charge in [0.15, 0.2) is 28.8 Å². The van der Waals surface area contributed by atoms with Crippen LogP contribution in [0.2, 0.25) is 0 Å². The summed E-state index contributed by atoms with van der Waals surface area (Å²) >= 11 is 3.22. The first kappa shape index (κ1) is 26.1. The molecule has 1 saturated heterocycles. The van der Waals surface area contributed by atoms with Gasteiger partial charge in [0.05, 0.1) is 29.1 Å². The third kappa shape index (κ3) is 3.83. The lowest BCUT2D eigenvalue weighted by molar-refractivity contribution is -0.123. The predicted molar refractivity (Wildman–Crippen MR) is 148 cm³/mol. The number of Topliss-reactive ketones (excluding diaryl/α,β-unsaturated/α-hetero) is 2. The van der Waals surface area contributed by atoms with Gasteiger partial charge in [-0.25, -0.2) is 0 Å². The Balaban J connectivity index is 1.46. The van der Waals surface area contributed by atoms with Gasteiger partial charge in [0.25, 0.3) is 0 Å². The van der Waals surface area contributed by atoms with Crippen molar-refractivity contribution in [1.29, 1.82) is 0 Å². The molecular formula is C31H24BrNO7. The molecule has 4 atom stereocenters. The van der Waals surface area contributed by atoms with Gasteiger partial charge < -0.3 is 9.84 Å². The molecule has 202 valence electrons. The van der Waals surface area contributed by atoms with Crippen molar-refractivity contribution in [3.05, 3.63) is 86.9 Å². The summed E-state index contributed by atoms with van der Waals surface area (Å²) in [6.07, 6.45) is 3.66. The van der Waals surface area contributed by atoms with Crippen LogP contribution < -0.4 is 9.64 Å². The SMILES string of the molecule is COc1cc([C@H]2C3=CC[C@@H]4C(=O)N(c5ccc(C(C)=O)cc5)C(=O)[C@@H]4[C@@H]3CC3=C2C(=O)C=C(Br)C3=O)ccc1O. The van der Waals surface area contributed by atoms with E-state index < -0.39 is 23.7 Å². The fourth-order valence-electron chi connectivity index (χ4n) is 6.56. The maximum absolute atomic E-state index is 14.0. The average Bonchev–Trinajstić information content (AvgIpc) is 3.20. The predicted octanol–water partition coefficient (Wildman–Crippen LogP) is 4.57. The van der Waals surface area contributed by atoms with E-state index >= 15 is 0 Å². The number of anilines is 1. The summed E-state index contributed by atoms with van der Waals surface area (Å²) in [5, 5.41) is 10.2. The zero-order valence-corrected chi connectivity index (χ0v) is 23.2. The number of methoxy groups -OCH3 is 1. The van der Waals surface area contributed by atoms with Crippen molar-refractivity contribution >= 4 is 50.8 Å². The molecular weight excluding hydrogens is 578 g/mol. The smallest absolute Gasteiger partial charge is 0.238 e. The number of halogens is 1. The fourth-order valence-corrected chi connectivity index (χ4v) is 7.01. The van der Waals surface area contributed by atoms with E-state index in [1.807, 2.05) is 6.08 Å². The second-order valence-corrected chi connectivity index (χ2v) is 11.3. The zero-order valence-electron chi connectivity index (χ0n) is 21.6. The van der Waals surface area contributed by atoms with Crippen molar-refractivity contribution in [3.63, 3.8) is 0 Å². The van der Waals surface area contributed by atoms with E-state index in [2.05, 4.69) is 15.9 Å². The molecule has 6 rings (SSSR count). The normalized spacial score (nSPS) is 25.7. The second-order valence-electron chi connectivity index (χ2n) is 10.4. The van der Waals surface area contributed by atoms with E-state index in [1.54, 1.807) is 36.4 Å². The minimum Gasteiger partial charge on any atom is -0.504 e. The van der Waals surface area contributed by atoms with Gasteiger partial charge in [-0.05, 0) is 83.6 Å². The van der Waals surface area contributed by atoms with E-state index in [-0.39, 0.29) is 51.6 Å². The van der Waals surface area contributed by atoms with E-state index in [1.165, 1.54) is 31.1 Å². The number of rotatable bonds is 4. The summed E-state index contributed by atoms with van der Waals surface area (Å²) in [4.78, 5) is 67.1. The van der Waals surface area contributed by atoms with Crippen LogP contribution >= 0.6 is 15.9 Å². The van der Waals surface area contributed by atoms with Crippen molar-refractivity contribution in [2.75, 3.05) is 12.0 Å². The lowest BCUT2D eigenvalue weighted by atomic mass is 9.59. The number of hydrogen-bond donors (Lipinski definition) is 1. The maximum atomic E-state index is 14.0. The number of allylic oxidation sites excluding steroid dienone is 6. The lowest BCUT2D eigenvalue weighted by Gasteiger charge is -2.42. The van der Waals surface area contributed by atoms with Gasteiger partial charge in [-0.1, -0.05) is 17.7 Å². The first-order chi connectivity index (χ1) is 19.1. The topological polar surface area (TPSA) is 118 Å². The number of aromatic hydroxyl groups is 1. The number of ketones is 3. The Labute approximate surface area is 238 Å². The monoisotopic (exact) mass is 601 g/mol. The van der Waals surface area contributed by atoms with Gasteiger partial charge >= 0.3 is 0 Å². The number of phenolic OH excluding ortho intramolecular Hbond substituents is 1. The highest BCUT2D eigenvalue weighted by atomic mass is 79.9. The minimum atomic E-state index is -0.719. The molecule has 0 saturated carbocycles. The molecule has 1 heterocycles. The Hall–Kier alpha value is -4.11. The van der Waals surface area contributed by atoms with Crippen molar-refractivity contribution in [1.82, 2.24) is 0 Å². The number of carbonyl (C=O) groups excluding carboxylic acids is 5. The maximum Gasteiger partial charge on any atom is 0.238 e. The molecule has 9 heteroatoms. The first-order valence-corrected chi connectivity index (χ1v) is 13.7. The summed E-state index contributed by atoms with van der Waals surface area (Å²) in [6.45, 7) is 1.44. The number of fused-ring (bicyclic) bond motifs is 3. The Morgan fingerprint density at radius 1 is 1.02 bits per heavy atom. The molecule has 1 fully saturated rings. The Kier molecular flexibility index (Phi) is 6.22. The molecule has 3 aliphatic carbocycles. The molecule has 1 aliphatic heterocycles. The number of benzene rings is 2. The quantitative estimate of drug-likeness (QED) is 0.236. The van der Waals surface area contributed by atoms with E-state index in [9.17, 15) is 29.1 Å². The zero-order chi connectivity index (χ0) is 28.5. The summed E-state index contributed by atoms with van der Waals surface area (Å²) < 4.78 is 5.47. The van der Waals surface area contributed by atoms with Gasteiger partial charge in [-0.3, -0.25) is 28.9 Å². The molecule has 0 spiro atoms. The largest absolute Gasteiger partial charge is 0.504 e. The van der Waals surface area contributed by atoms with Crippen LogP contribution in [0.4, 0.5) is 5.69 Å². The molecule has 0 radical (unpaired) electrons. The highest BCUT2D eigenvalue weighted by Crippen LogP contribution is 2.56. The van der Waals surface area contributed by atoms with Crippen LogP contribution in [0.1, 0.15) is 41.6 Å². The molecule has 2 aromatic rings. The van der Waals surface area contributed by atoms with Gasteiger partial charge in [0.1, 0.15) is 0 Å². The van der Waals surface area contributed by atoms with Crippen molar-refractivity contribution in [3.8, 4) is 11.5 Å². The van der Waals surface area contributed by atoms with Crippen molar-refractivity contribution < 1.29 is 33.8 Å². The highest BCUT2D eigenvalue weighted by molar-refractivity contribution is 9.12. The van der Waals surface area contributed by atoms with Crippen LogP contribution in [0, 0.1) is 17.8 Å². The number of ether oxygens (including phenoxy) is 1. The number of phenols is 1. The first-order valence-electron chi connectivity index (χ1n) is 12.9. The molecule has 8 nitrogen and oxygen atoms in total. The van der Waals surface area contributed by atoms with Crippen molar-refractivity contribution in [2.24, 2.45) is 17.8 Å². The van der Waals surface area contributed by atoms with Crippen LogP contribution in [0.3, 0.4) is 0 Å². The number of nitrogens with zero attached hydrogens (tertiary/aromatic N) is 1. The molecule has 0 bridgehead atoms. The number of amides is 2. The summed E-state index contributed by atoms with van der Waals surface area (Å²) in [5.74, 6) is -3.75. The molecule has 2 amide bonds. The third-order valence-electron chi connectivity index (χ3n) is 8.40.